The first-order valence-corrected chi connectivity index (χ1v) is 8.21. The molecule has 2 aliphatic carbocycles. The molecule has 0 aromatic rings. The van der Waals surface area contributed by atoms with Crippen molar-refractivity contribution in [3.05, 3.63) is 44.8 Å². The molecule has 0 unspecified atom stereocenters. The van der Waals surface area contributed by atoms with Crippen molar-refractivity contribution in [2.75, 3.05) is 0 Å². The second-order valence-corrected chi connectivity index (χ2v) is 8.24. The fourth-order valence-corrected chi connectivity index (χ4v) is 6.70. The van der Waals surface area contributed by atoms with E-state index >= 15 is 0 Å². The van der Waals surface area contributed by atoms with Crippen LogP contribution in [0.4, 0.5) is 0 Å². The third-order valence-electron chi connectivity index (χ3n) is 2.34. The fourth-order valence-electron chi connectivity index (χ4n) is 1.70. The van der Waals surface area contributed by atoms with Crippen molar-refractivity contribution in [3.8, 4) is 0 Å². The van der Waals surface area contributed by atoms with Gasteiger partial charge in [0.1, 0.15) is 0 Å². The number of hydrogen-bond donors (Lipinski definition) is 0. The van der Waals surface area contributed by atoms with Crippen LogP contribution in [0.25, 0.3) is 0 Å². The SMILES string of the molecule is CC[CH2][Ru]([C]1=CC=CC1)[C]1=CC=CC1. The molecule has 0 aliphatic heterocycles. The molecule has 0 fully saturated rings. The molecule has 0 nitrogen and oxygen atoms in total. The number of hydrogen-bond acceptors (Lipinski definition) is 0. The number of rotatable bonds is 4. The monoisotopic (exact) mass is 275 g/mol. The summed E-state index contributed by atoms with van der Waals surface area (Å²) in [4.78, 5) is 0. The number of allylic oxidation sites excluding steroid dienone is 8. The summed E-state index contributed by atoms with van der Waals surface area (Å²) in [5.41, 5.74) is 0. The Hall–Kier alpha value is -0.417. The van der Waals surface area contributed by atoms with E-state index in [-0.39, 0.29) is 0 Å². The summed E-state index contributed by atoms with van der Waals surface area (Å²) in [6, 6.07) is 0. The van der Waals surface area contributed by atoms with Gasteiger partial charge in [-0.2, -0.15) is 0 Å². The topological polar surface area (TPSA) is 0 Å². The van der Waals surface area contributed by atoms with Gasteiger partial charge in [-0.1, -0.05) is 0 Å². The molecule has 0 amide bonds. The van der Waals surface area contributed by atoms with E-state index in [0.717, 1.165) is 0 Å². The standard InChI is InChI=1S/2C5H5.C3H7.Ru/c2*1-2-4-5-3-1;1-3-2;/h2*1-3H,4H2;1,3H2,2H3;. The van der Waals surface area contributed by atoms with Crippen molar-refractivity contribution in [3.63, 3.8) is 0 Å². The molecule has 0 saturated carbocycles. The van der Waals surface area contributed by atoms with Gasteiger partial charge in [-0.25, -0.2) is 0 Å². The third-order valence-corrected chi connectivity index (χ3v) is 8.06. The molecule has 14 heavy (non-hydrogen) atoms. The van der Waals surface area contributed by atoms with Gasteiger partial charge in [0, 0.05) is 0 Å². The molecule has 0 spiro atoms. The first-order chi connectivity index (χ1) is 6.92. The van der Waals surface area contributed by atoms with Gasteiger partial charge in [-0.05, 0) is 0 Å². The minimum atomic E-state index is -0.788. The average molecular weight is 274 g/mol. The summed E-state index contributed by atoms with van der Waals surface area (Å²) in [7, 11) is 0. The molecule has 1 heteroatoms. The maximum absolute atomic E-state index is 2.37. The van der Waals surface area contributed by atoms with Crippen LogP contribution >= 0.6 is 0 Å². The van der Waals surface area contributed by atoms with E-state index in [4.69, 9.17) is 0 Å². The van der Waals surface area contributed by atoms with Crippen LogP contribution in [-0.2, 0) is 16.0 Å². The predicted octanol–water partition coefficient (Wildman–Crippen LogP) is 4.12. The van der Waals surface area contributed by atoms with Crippen LogP contribution in [-0.4, -0.2) is 0 Å². The summed E-state index contributed by atoms with van der Waals surface area (Å²) in [6.07, 6.45) is 17.6. The molecular formula is C13H17Ru. The summed E-state index contributed by atoms with van der Waals surface area (Å²) in [6.45, 7) is 2.31. The van der Waals surface area contributed by atoms with Crippen molar-refractivity contribution in [2.24, 2.45) is 0 Å². The molecule has 2 aliphatic rings. The molecule has 77 valence electrons. The van der Waals surface area contributed by atoms with Crippen LogP contribution in [0.3, 0.4) is 0 Å². The Kier molecular flexibility index (Phi) is 3.53. The van der Waals surface area contributed by atoms with E-state index in [2.05, 4.69) is 43.4 Å². The quantitative estimate of drug-likeness (QED) is 0.676. The van der Waals surface area contributed by atoms with Crippen LogP contribution in [0.15, 0.2) is 44.8 Å². The molecule has 0 heterocycles. The molecule has 0 saturated heterocycles. The Morgan fingerprint density at radius 1 is 1.07 bits per heavy atom. The zero-order valence-electron chi connectivity index (χ0n) is 8.65. The Balaban J connectivity index is 2.07. The van der Waals surface area contributed by atoms with Crippen molar-refractivity contribution in [2.45, 2.75) is 31.2 Å². The van der Waals surface area contributed by atoms with Crippen molar-refractivity contribution in [1.29, 1.82) is 0 Å². The van der Waals surface area contributed by atoms with E-state index in [1.165, 1.54) is 24.3 Å². The fraction of sp³-hybridized carbons (Fsp3) is 0.385. The van der Waals surface area contributed by atoms with E-state index in [1.807, 2.05) is 0 Å². The van der Waals surface area contributed by atoms with E-state index in [9.17, 15) is 0 Å². The summed E-state index contributed by atoms with van der Waals surface area (Å²) >= 11 is -0.788. The molecular weight excluding hydrogens is 257 g/mol. The molecule has 0 radical (unpaired) electrons. The van der Waals surface area contributed by atoms with Gasteiger partial charge in [0.05, 0.1) is 0 Å². The maximum atomic E-state index is 2.37. The molecule has 0 aromatic carbocycles. The van der Waals surface area contributed by atoms with Crippen LogP contribution in [0, 0.1) is 0 Å². The zero-order valence-corrected chi connectivity index (χ0v) is 10.4. The normalized spacial score (nSPS) is 19.9. The minimum absolute atomic E-state index is 0.788. The van der Waals surface area contributed by atoms with Crippen molar-refractivity contribution < 1.29 is 16.0 Å². The summed E-state index contributed by atoms with van der Waals surface area (Å²) in [5.74, 6) is 0. The molecule has 0 aromatic heterocycles. The zero-order chi connectivity index (χ0) is 9.80. The molecule has 0 atom stereocenters. The van der Waals surface area contributed by atoms with E-state index in [1.54, 1.807) is 8.33 Å². The average Bonchev–Trinajstić information content (AvgIpc) is 2.87. The van der Waals surface area contributed by atoms with Gasteiger partial charge < -0.3 is 0 Å². The van der Waals surface area contributed by atoms with Crippen molar-refractivity contribution >= 4 is 0 Å². The van der Waals surface area contributed by atoms with Gasteiger partial charge >= 0.3 is 91.9 Å². The van der Waals surface area contributed by atoms with Gasteiger partial charge in [-0.3, -0.25) is 0 Å². The first-order valence-electron chi connectivity index (χ1n) is 5.24. The Morgan fingerprint density at radius 3 is 2.00 bits per heavy atom. The van der Waals surface area contributed by atoms with Gasteiger partial charge in [0.2, 0.25) is 0 Å². The first kappa shape index (κ1) is 10.1. The van der Waals surface area contributed by atoms with Crippen LogP contribution in [0.1, 0.15) is 26.2 Å². The Bertz CT molecular complexity index is 288. The second kappa shape index (κ2) is 4.89. The van der Waals surface area contributed by atoms with E-state index < -0.39 is 16.0 Å². The van der Waals surface area contributed by atoms with Crippen LogP contribution in [0.2, 0.25) is 5.02 Å². The van der Waals surface area contributed by atoms with Gasteiger partial charge in [0.15, 0.2) is 0 Å². The van der Waals surface area contributed by atoms with Crippen LogP contribution in [0.5, 0.6) is 0 Å². The van der Waals surface area contributed by atoms with Gasteiger partial charge in [-0.15, -0.1) is 0 Å². The van der Waals surface area contributed by atoms with Gasteiger partial charge in [0.25, 0.3) is 0 Å². The van der Waals surface area contributed by atoms with Crippen LogP contribution < -0.4 is 0 Å². The predicted molar refractivity (Wildman–Crippen MR) is 58.8 cm³/mol. The Labute approximate surface area is 92.0 Å². The summed E-state index contributed by atoms with van der Waals surface area (Å²) in [5, 5.41) is 1.45. The third kappa shape index (κ3) is 2.15. The molecule has 0 N–H and O–H groups in total. The second-order valence-electron chi connectivity index (χ2n) is 3.48. The molecule has 0 bridgehead atoms. The van der Waals surface area contributed by atoms with E-state index in [0.29, 0.717) is 0 Å². The Morgan fingerprint density at radius 2 is 1.64 bits per heavy atom. The van der Waals surface area contributed by atoms with Crippen molar-refractivity contribution in [1.82, 2.24) is 0 Å². The molecule has 2 rings (SSSR count). The summed E-state index contributed by atoms with van der Waals surface area (Å²) < 4.78 is 3.51.